The van der Waals surface area contributed by atoms with Crippen LogP contribution < -0.4 is 14.2 Å². The normalized spacial score (nSPS) is 10.9. The van der Waals surface area contributed by atoms with Crippen LogP contribution >= 0.6 is 0 Å². The van der Waals surface area contributed by atoms with Gasteiger partial charge in [-0.05, 0) is 48.0 Å². The average Bonchev–Trinajstić information content (AvgIpc) is 2.86. The van der Waals surface area contributed by atoms with E-state index in [1.165, 1.54) is 0 Å². The van der Waals surface area contributed by atoms with Crippen molar-refractivity contribution in [2.24, 2.45) is 0 Å². The van der Waals surface area contributed by atoms with E-state index in [1.807, 2.05) is 60.7 Å². The van der Waals surface area contributed by atoms with Crippen LogP contribution in [0.15, 0.2) is 85.1 Å². The molecule has 0 N–H and O–H groups in total. The van der Waals surface area contributed by atoms with Crippen molar-refractivity contribution in [2.45, 2.75) is 6.61 Å². The van der Waals surface area contributed by atoms with E-state index < -0.39 is 0 Å². The van der Waals surface area contributed by atoms with E-state index in [0.717, 1.165) is 22.0 Å². The number of ketones is 1. The predicted octanol–water partition coefficient (Wildman–Crippen LogP) is 5.73. The van der Waals surface area contributed by atoms with Crippen molar-refractivity contribution in [1.82, 2.24) is 4.98 Å². The quantitative estimate of drug-likeness (QED) is 0.267. The number of rotatable bonds is 8. The highest BCUT2D eigenvalue weighted by Gasteiger charge is 2.10. The molecular formula is C27H23NO4. The van der Waals surface area contributed by atoms with Gasteiger partial charge in [0, 0.05) is 17.1 Å². The van der Waals surface area contributed by atoms with Crippen LogP contribution in [-0.2, 0) is 6.61 Å². The summed E-state index contributed by atoms with van der Waals surface area (Å²) in [7, 11) is 3.18. The first kappa shape index (κ1) is 21.1. The topological polar surface area (TPSA) is 57.7 Å². The zero-order valence-corrected chi connectivity index (χ0v) is 17.9. The monoisotopic (exact) mass is 425 g/mol. The minimum absolute atomic E-state index is 0.127. The molecule has 32 heavy (non-hydrogen) atoms. The van der Waals surface area contributed by atoms with Gasteiger partial charge in [-0.25, -0.2) is 0 Å². The smallest absolute Gasteiger partial charge is 0.189 e. The minimum atomic E-state index is -0.127. The number of para-hydroxylation sites is 2. The number of ether oxygens (including phenoxy) is 3. The molecule has 3 aromatic carbocycles. The number of fused-ring (bicyclic) bond motifs is 1. The Bertz CT molecular complexity index is 1270. The molecule has 0 amide bonds. The predicted molar refractivity (Wildman–Crippen MR) is 125 cm³/mol. The van der Waals surface area contributed by atoms with Crippen molar-refractivity contribution >= 4 is 22.8 Å². The maximum absolute atomic E-state index is 12.6. The third-order valence-corrected chi connectivity index (χ3v) is 5.08. The molecule has 1 heterocycles. The van der Waals surface area contributed by atoms with E-state index in [1.54, 1.807) is 44.7 Å². The van der Waals surface area contributed by atoms with Crippen LogP contribution in [0.5, 0.6) is 17.2 Å². The van der Waals surface area contributed by atoms with Crippen LogP contribution in [0, 0.1) is 0 Å². The first-order valence-corrected chi connectivity index (χ1v) is 10.2. The van der Waals surface area contributed by atoms with Gasteiger partial charge >= 0.3 is 0 Å². The molecule has 0 saturated carbocycles. The van der Waals surface area contributed by atoms with E-state index in [4.69, 9.17) is 14.2 Å². The summed E-state index contributed by atoms with van der Waals surface area (Å²) in [6, 6.07) is 22.6. The molecule has 5 nitrogen and oxygen atoms in total. The third-order valence-electron chi connectivity index (χ3n) is 5.08. The van der Waals surface area contributed by atoms with Crippen LogP contribution in [0.3, 0.4) is 0 Å². The Labute approximate surface area is 186 Å². The molecule has 1 aromatic heterocycles. The number of nitrogens with zero attached hydrogens (tertiary/aromatic N) is 1. The first-order valence-electron chi connectivity index (χ1n) is 10.2. The summed E-state index contributed by atoms with van der Waals surface area (Å²) in [5.41, 5.74) is 3.07. The SMILES string of the molecule is COc1ccc(/C=C/C(=O)c2ccccc2OC)cc1COc1cccc2cccnc12. The van der Waals surface area contributed by atoms with Crippen LogP contribution in [0.2, 0.25) is 0 Å². The Morgan fingerprint density at radius 2 is 1.66 bits per heavy atom. The molecule has 5 heteroatoms. The van der Waals surface area contributed by atoms with Gasteiger partial charge in [-0.1, -0.05) is 42.5 Å². The summed E-state index contributed by atoms with van der Waals surface area (Å²) in [6.45, 7) is 0.307. The largest absolute Gasteiger partial charge is 0.496 e. The van der Waals surface area contributed by atoms with Crippen molar-refractivity contribution in [3.05, 3.63) is 102 Å². The second-order valence-electron chi connectivity index (χ2n) is 7.09. The van der Waals surface area contributed by atoms with Crippen molar-refractivity contribution in [3.8, 4) is 17.2 Å². The van der Waals surface area contributed by atoms with Gasteiger partial charge in [0.05, 0.1) is 19.8 Å². The van der Waals surface area contributed by atoms with Gasteiger partial charge in [0.2, 0.25) is 0 Å². The molecule has 0 bridgehead atoms. The molecule has 0 atom stereocenters. The number of hydrogen-bond donors (Lipinski definition) is 0. The summed E-state index contributed by atoms with van der Waals surface area (Å²) in [5.74, 6) is 1.84. The van der Waals surface area contributed by atoms with Crippen molar-refractivity contribution in [1.29, 1.82) is 0 Å². The summed E-state index contributed by atoms with van der Waals surface area (Å²) >= 11 is 0. The number of carbonyl (C=O) groups excluding carboxylic acids is 1. The van der Waals surface area contributed by atoms with Gasteiger partial charge in [-0.3, -0.25) is 9.78 Å². The van der Waals surface area contributed by atoms with Gasteiger partial charge in [0.15, 0.2) is 5.78 Å². The van der Waals surface area contributed by atoms with E-state index in [0.29, 0.717) is 29.4 Å². The zero-order valence-electron chi connectivity index (χ0n) is 17.9. The second-order valence-corrected chi connectivity index (χ2v) is 7.09. The molecule has 0 saturated heterocycles. The highest BCUT2D eigenvalue weighted by atomic mass is 16.5. The van der Waals surface area contributed by atoms with Gasteiger partial charge in [-0.15, -0.1) is 0 Å². The van der Waals surface area contributed by atoms with Gasteiger partial charge in [-0.2, -0.15) is 0 Å². The Morgan fingerprint density at radius 1 is 0.875 bits per heavy atom. The Morgan fingerprint density at radius 3 is 2.50 bits per heavy atom. The zero-order chi connectivity index (χ0) is 22.3. The van der Waals surface area contributed by atoms with E-state index in [-0.39, 0.29) is 5.78 Å². The van der Waals surface area contributed by atoms with Crippen LogP contribution in [0.1, 0.15) is 21.5 Å². The lowest BCUT2D eigenvalue weighted by atomic mass is 10.1. The maximum Gasteiger partial charge on any atom is 0.189 e. The van der Waals surface area contributed by atoms with Crippen molar-refractivity contribution in [3.63, 3.8) is 0 Å². The Kier molecular flexibility index (Phi) is 6.46. The average molecular weight is 425 g/mol. The number of hydrogen-bond acceptors (Lipinski definition) is 5. The second kappa shape index (κ2) is 9.79. The summed E-state index contributed by atoms with van der Waals surface area (Å²) in [5, 5.41) is 1.02. The summed E-state index contributed by atoms with van der Waals surface area (Å²) in [6.07, 6.45) is 5.07. The fourth-order valence-corrected chi connectivity index (χ4v) is 3.47. The van der Waals surface area contributed by atoms with E-state index >= 15 is 0 Å². The number of pyridine rings is 1. The van der Waals surface area contributed by atoms with Crippen LogP contribution in [-0.4, -0.2) is 25.0 Å². The number of carbonyl (C=O) groups is 1. The molecule has 0 radical (unpaired) electrons. The molecule has 160 valence electrons. The third kappa shape index (κ3) is 4.62. The van der Waals surface area contributed by atoms with E-state index in [2.05, 4.69) is 4.98 Å². The van der Waals surface area contributed by atoms with Gasteiger partial charge < -0.3 is 14.2 Å². The molecule has 4 rings (SSSR count). The van der Waals surface area contributed by atoms with Crippen LogP contribution in [0.25, 0.3) is 17.0 Å². The number of aromatic nitrogens is 1. The lowest BCUT2D eigenvalue weighted by Gasteiger charge is -2.12. The molecule has 0 spiro atoms. The molecular weight excluding hydrogens is 402 g/mol. The maximum atomic E-state index is 12.6. The fourth-order valence-electron chi connectivity index (χ4n) is 3.47. The lowest BCUT2D eigenvalue weighted by molar-refractivity contribution is 0.104. The first-order chi connectivity index (χ1) is 15.7. The number of methoxy groups -OCH3 is 2. The van der Waals surface area contributed by atoms with Crippen molar-refractivity contribution in [2.75, 3.05) is 14.2 Å². The highest BCUT2D eigenvalue weighted by molar-refractivity contribution is 6.08. The lowest BCUT2D eigenvalue weighted by Crippen LogP contribution is -2.00. The van der Waals surface area contributed by atoms with Crippen molar-refractivity contribution < 1.29 is 19.0 Å². The van der Waals surface area contributed by atoms with Gasteiger partial charge in [0.1, 0.15) is 29.4 Å². The number of allylic oxidation sites excluding steroid dienone is 1. The fraction of sp³-hybridized carbons (Fsp3) is 0.111. The Balaban J connectivity index is 1.55. The number of benzene rings is 3. The molecule has 4 aromatic rings. The van der Waals surface area contributed by atoms with Crippen LogP contribution in [0.4, 0.5) is 0 Å². The molecule has 0 aliphatic carbocycles. The molecule has 0 aliphatic rings. The Hall–Kier alpha value is -4.12. The summed E-state index contributed by atoms with van der Waals surface area (Å²) in [4.78, 5) is 17.0. The highest BCUT2D eigenvalue weighted by Crippen LogP contribution is 2.27. The molecule has 0 fully saturated rings. The summed E-state index contributed by atoms with van der Waals surface area (Å²) < 4.78 is 16.9. The van der Waals surface area contributed by atoms with Gasteiger partial charge in [0.25, 0.3) is 0 Å². The van der Waals surface area contributed by atoms with E-state index in [9.17, 15) is 4.79 Å². The standard InChI is InChI=1S/C27H23NO4/c1-30-24-15-13-19(12-14-23(29)22-9-3-4-10-25(22)31-2)17-21(24)18-32-26-11-5-7-20-8-6-16-28-27(20)26/h3-17H,18H2,1-2H3/b14-12+. The minimum Gasteiger partial charge on any atom is -0.496 e. The molecule has 0 unspecified atom stereocenters. The molecule has 0 aliphatic heterocycles.